The Morgan fingerprint density at radius 2 is 1.93 bits per heavy atom. The molecule has 4 rings (SSSR count). The average molecular weight is 666 g/mol. The summed E-state index contributed by atoms with van der Waals surface area (Å²) in [6.07, 6.45) is 9.01. The van der Waals surface area contributed by atoms with E-state index in [0.29, 0.717) is 14.8 Å². The highest BCUT2D eigenvalue weighted by Gasteiger charge is 2.36. The summed E-state index contributed by atoms with van der Waals surface area (Å²) in [6.45, 7) is 6.90. The Hall–Kier alpha value is -2.04. The molecule has 218 valence electrons. The number of anilines is 1. The molecule has 1 aromatic heterocycles. The number of alkyl halides is 1. The Bertz CT molecular complexity index is 1310. The van der Waals surface area contributed by atoms with Crippen LogP contribution in [0.2, 0.25) is 0 Å². The largest absolute Gasteiger partial charge is 0.390 e. The third kappa shape index (κ3) is 7.62. The highest BCUT2D eigenvalue weighted by atomic mass is 127. The third-order valence-electron chi connectivity index (χ3n) is 8.18. The molecule has 1 saturated carbocycles. The predicted molar refractivity (Wildman–Crippen MR) is 167 cm³/mol. The highest BCUT2D eigenvalue weighted by Crippen LogP contribution is 2.39. The normalized spacial score (nSPS) is 20.9. The Morgan fingerprint density at radius 1 is 1.20 bits per heavy atom. The van der Waals surface area contributed by atoms with Crippen LogP contribution in [0, 0.1) is 3.57 Å². The van der Waals surface area contributed by atoms with Gasteiger partial charge in [-0.15, -0.1) is 0 Å². The average Bonchev–Trinajstić information content (AvgIpc) is 2.89. The number of nitrogens with one attached hydrogen (secondary N) is 2. The van der Waals surface area contributed by atoms with Crippen LogP contribution in [0.3, 0.4) is 0 Å². The minimum absolute atomic E-state index is 0.0193. The van der Waals surface area contributed by atoms with Gasteiger partial charge in [0.2, 0.25) is 5.43 Å². The molecule has 5 nitrogen and oxygen atoms in total. The van der Waals surface area contributed by atoms with Gasteiger partial charge in [0.25, 0.3) is 0 Å². The summed E-state index contributed by atoms with van der Waals surface area (Å²) in [5, 5.41) is 18.5. The highest BCUT2D eigenvalue weighted by molar-refractivity contribution is 14.1. The third-order valence-corrected chi connectivity index (χ3v) is 8.94. The van der Waals surface area contributed by atoms with Crippen molar-refractivity contribution in [2.45, 2.75) is 95.0 Å². The number of halogens is 3. The summed E-state index contributed by atoms with van der Waals surface area (Å²) in [5.74, 6) is -0.606. The molecule has 40 heavy (non-hydrogen) atoms. The Kier molecular flexibility index (Phi) is 9.94. The second-order valence-corrected chi connectivity index (χ2v) is 13.6. The van der Waals surface area contributed by atoms with Crippen molar-refractivity contribution in [2.24, 2.45) is 7.05 Å². The fourth-order valence-electron chi connectivity index (χ4n) is 5.91. The summed E-state index contributed by atoms with van der Waals surface area (Å²) in [4.78, 5) is 12.9. The van der Waals surface area contributed by atoms with Crippen molar-refractivity contribution >= 4 is 28.3 Å². The standard InChI is InChI=1S/C32H42F2IN3O2/c1-31(2,3)22-9-8-10-23(16-22)32(11-6-5-7-12-32)36-18-29(39)27(15-21-13-24(33)17-25(34)14-21)37-28-20-38(4)19-26(35)30(28)40/h8-10,13,16-17,19-20,25,27,29,36-37,39H,5-7,11-12,14-15,18H2,1-4H3. The number of hydrogen-bond acceptors (Lipinski definition) is 4. The van der Waals surface area contributed by atoms with Crippen molar-refractivity contribution in [1.29, 1.82) is 0 Å². The van der Waals surface area contributed by atoms with E-state index in [-0.39, 0.29) is 35.8 Å². The van der Waals surface area contributed by atoms with Crippen LogP contribution >= 0.6 is 22.6 Å². The zero-order chi connectivity index (χ0) is 29.1. The summed E-state index contributed by atoms with van der Waals surface area (Å²) >= 11 is 2.00. The predicted octanol–water partition coefficient (Wildman–Crippen LogP) is 6.79. The van der Waals surface area contributed by atoms with E-state index in [2.05, 4.69) is 55.7 Å². The number of aliphatic hydroxyl groups excluding tert-OH is 1. The van der Waals surface area contributed by atoms with Crippen molar-refractivity contribution in [2.75, 3.05) is 11.9 Å². The van der Waals surface area contributed by atoms with Crippen LogP contribution in [-0.4, -0.2) is 34.5 Å². The first-order chi connectivity index (χ1) is 18.9. The molecule has 2 aromatic rings. The molecule has 1 aromatic carbocycles. The van der Waals surface area contributed by atoms with Gasteiger partial charge in [-0.05, 0) is 70.5 Å². The molecule has 2 aliphatic carbocycles. The molecule has 3 N–H and O–H groups in total. The second-order valence-electron chi connectivity index (χ2n) is 12.5. The molecule has 8 heteroatoms. The summed E-state index contributed by atoms with van der Waals surface area (Å²) in [6, 6.07) is 8.13. The lowest BCUT2D eigenvalue weighted by Crippen LogP contribution is -2.50. The van der Waals surface area contributed by atoms with E-state index < -0.39 is 24.1 Å². The SMILES string of the molecule is Cn1cc(I)c(=O)c(NC(CC2=CC(F)=CC(F)C2)C(O)CNC2(c3cccc(C(C)(C)C)c3)CCCCC2)c1. The van der Waals surface area contributed by atoms with Gasteiger partial charge in [-0.3, -0.25) is 4.79 Å². The first-order valence-corrected chi connectivity index (χ1v) is 15.3. The fourth-order valence-corrected chi connectivity index (χ4v) is 6.64. The zero-order valence-corrected chi connectivity index (χ0v) is 26.1. The molecule has 0 aliphatic heterocycles. The van der Waals surface area contributed by atoms with E-state index in [1.54, 1.807) is 17.0 Å². The Balaban J connectivity index is 1.61. The van der Waals surface area contributed by atoms with Crippen LogP contribution in [0.5, 0.6) is 0 Å². The first-order valence-electron chi connectivity index (χ1n) is 14.2. The molecule has 2 aliphatic rings. The maximum Gasteiger partial charge on any atom is 0.217 e. The minimum atomic E-state index is -1.40. The number of aryl methyl sites for hydroxylation is 1. The number of pyridine rings is 1. The Labute approximate surface area is 250 Å². The number of hydrogen-bond donors (Lipinski definition) is 3. The Morgan fingerprint density at radius 3 is 2.60 bits per heavy atom. The maximum absolute atomic E-state index is 14.2. The molecule has 3 atom stereocenters. The number of rotatable bonds is 9. The summed E-state index contributed by atoms with van der Waals surface area (Å²) in [5.41, 5.74) is 3.00. The van der Waals surface area contributed by atoms with E-state index in [0.717, 1.165) is 31.8 Å². The number of nitrogens with zero attached hydrogens (tertiary/aromatic N) is 1. The van der Waals surface area contributed by atoms with E-state index in [9.17, 15) is 18.7 Å². The molecule has 3 unspecified atom stereocenters. The molecule has 0 radical (unpaired) electrons. The van der Waals surface area contributed by atoms with Gasteiger partial charge in [0.15, 0.2) is 0 Å². The fraction of sp³-hybridized carbons (Fsp3) is 0.531. The van der Waals surface area contributed by atoms with Crippen molar-refractivity contribution in [3.63, 3.8) is 0 Å². The maximum atomic E-state index is 14.2. The lowest BCUT2D eigenvalue weighted by Gasteiger charge is -2.41. The van der Waals surface area contributed by atoms with Crippen molar-refractivity contribution in [1.82, 2.24) is 9.88 Å². The number of benzene rings is 1. The van der Waals surface area contributed by atoms with Gasteiger partial charge in [0, 0.05) is 37.9 Å². The molecule has 0 spiro atoms. The molecule has 0 amide bonds. The lowest BCUT2D eigenvalue weighted by atomic mass is 9.74. The monoisotopic (exact) mass is 665 g/mol. The molecular weight excluding hydrogens is 623 g/mol. The van der Waals surface area contributed by atoms with Gasteiger partial charge in [-0.1, -0.05) is 69.9 Å². The molecular formula is C32H42F2IN3O2. The van der Waals surface area contributed by atoms with Crippen LogP contribution in [-0.2, 0) is 18.0 Å². The van der Waals surface area contributed by atoms with E-state index in [1.807, 2.05) is 29.6 Å². The van der Waals surface area contributed by atoms with Crippen LogP contribution < -0.4 is 16.1 Å². The van der Waals surface area contributed by atoms with Crippen LogP contribution in [0.1, 0.15) is 76.8 Å². The lowest BCUT2D eigenvalue weighted by molar-refractivity contribution is 0.121. The second kappa shape index (κ2) is 12.9. The smallest absolute Gasteiger partial charge is 0.217 e. The molecule has 0 saturated heterocycles. The van der Waals surface area contributed by atoms with Crippen molar-refractivity contribution in [3.8, 4) is 0 Å². The minimum Gasteiger partial charge on any atom is -0.390 e. The molecule has 1 heterocycles. The van der Waals surface area contributed by atoms with Gasteiger partial charge >= 0.3 is 0 Å². The summed E-state index contributed by atoms with van der Waals surface area (Å²) < 4.78 is 30.6. The first kappa shape index (κ1) is 30.9. The van der Waals surface area contributed by atoms with Gasteiger partial charge in [-0.25, -0.2) is 8.78 Å². The van der Waals surface area contributed by atoms with E-state index in [4.69, 9.17) is 0 Å². The quantitative estimate of drug-likeness (QED) is 0.258. The van der Waals surface area contributed by atoms with Gasteiger partial charge in [0.1, 0.15) is 17.7 Å². The van der Waals surface area contributed by atoms with Gasteiger partial charge in [0.05, 0.1) is 15.7 Å². The van der Waals surface area contributed by atoms with Crippen molar-refractivity contribution in [3.05, 3.63) is 85.1 Å². The summed E-state index contributed by atoms with van der Waals surface area (Å²) in [7, 11) is 1.83. The van der Waals surface area contributed by atoms with E-state index in [1.165, 1.54) is 23.6 Å². The van der Waals surface area contributed by atoms with E-state index >= 15 is 0 Å². The number of allylic oxidation sites excluding steroid dienone is 3. The van der Waals surface area contributed by atoms with Gasteiger partial charge in [-0.2, -0.15) is 0 Å². The van der Waals surface area contributed by atoms with Crippen LogP contribution in [0.15, 0.2) is 65.0 Å². The van der Waals surface area contributed by atoms with Gasteiger partial charge < -0.3 is 20.3 Å². The molecule has 0 bridgehead atoms. The topological polar surface area (TPSA) is 66.3 Å². The van der Waals surface area contributed by atoms with Crippen LogP contribution in [0.25, 0.3) is 0 Å². The molecule has 1 fully saturated rings. The van der Waals surface area contributed by atoms with Crippen LogP contribution in [0.4, 0.5) is 14.5 Å². The number of aromatic nitrogens is 1. The van der Waals surface area contributed by atoms with Crippen molar-refractivity contribution < 1.29 is 13.9 Å². The number of aliphatic hydroxyl groups is 1. The zero-order valence-electron chi connectivity index (χ0n) is 23.9.